The largest absolute Gasteiger partial charge is 0.334 e. The summed E-state index contributed by atoms with van der Waals surface area (Å²) in [5, 5.41) is 4.57. The van der Waals surface area contributed by atoms with Gasteiger partial charge in [-0.3, -0.25) is 0 Å². The van der Waals surface area contributed by atoms with Gasteiger partial charge >= 0.3 is 0 Å². The van der Waals surface area contributed by atoms with E-state index in [1.807, 2.05) is 32.9 Å². The molecule has 0 amide bonds. The minimum atomic E-state index is -0.220. The van der Waals surface area contributed by atoms with Crippen molar-refractivity contribution in [1.29, 1.82) is 0 Å². The lowest BCUT2D eigenvalue weighted by molar-refractivity contribution is 0.400. The second-order valence-electron chi connectivity index (χ2n) is 4.74. The summed E-state index contributed by atoms with van der Waals surface area (Å²) in [4.78, 5) is 4.32. The summed E-state index contributed by atoms with van der Waals surface area (Å²) in [6.07, 6.45) is 0. The van der Waals surface area contributed by atoms with Gasteiger partial charge in [0.25, 0.3) is 5.89 Å². The van der Waals surface area contributed by atoms with Gasteiger partial charge in [0, 0.05) is 10.6 Å². The zero-order chi connectivity index (χ0) is 13.3. The lowest BCUT2D eigenvalue weighted by atomic mass is 10.1. The monoisotopic (exact) mass is 265 g/mol. The van der Waals surface area contributed by atoms with E-state index in [1.165, 1.54) is 0 Å². The van der Waals surface area contributed by atoms with Crippen LogP contribution in [-0.2, 0) is 0 Å². The van der Waals surface area contributed by atoms with E-state index in [0.717, 1.165) is 11.1 Å². The molecule has 0 spiro atoms. The second-order valence-corrected chi connectivity index (χ2v) is 5.18. The molecule has 5 heteroatoms. The third-order valence-corrected chi connectivity index (χ3v) is 2.97. The van der Waals surface area contributed by atoms with E-state index in [1.54, 1.807) is 6.07 Å². The highest BCUT2D eigenvalue weighted by molar-refractivity contribution is 6.30. The van der Waals surface area contributed by atoms with E-state index in [4.69, 9.17) is 21.9 Å². The molecule has 0 radical (unpaired) electrons. The summed E-state index contributed by atoms with van der Waals surface area (Å²) in [7, 11) is 0. The zero-order valence-electron chi connectivity index (χ0n) is 10.6. The highest BCUT2D eigenvalue weighted by atomic mass is 35.5. The van der Waals surface area contributed by atoms with Crippen LogP contribution in [0.2, 0.25) is 5.02 Å². The Hall–Kier alpha value is -1.39. The summed E-state index contributed by atoms with van der Waals surface area (Å²) in [5.41, 5.74) is 7.84. The van der Waals surface area contributed by atoms with Gasteiger partial charge in [0.15, 0.2) is 5.82 Å². The first-order chi connectivity index (χ1) is 8.47. The molecule has 1 aromatic heterocycles. The fourth-order valence-corrected chi connectivity index (χ4v) is 1.94. The van der Waals surface area contributed by atoms with Crippen LogP contribution >= 0.6 is 11.6 Å². The number of nitrogens with zero attached hydrogens (tertiary/aromatic N) is 2. The molecule has 96 valence electrons. The number of aryl methyl sites for hydroxylation is 1. The van der Waals surface area contributed by atoms with Crippen molar-refractivity contribution < 1.29 is 4.52 Å². The molecule has 2 rings (SSSR count). The quantitative estimate of drug-likeness (QED) is 0.924. The van der Waals surface area contributed by atoms with Crippen LogP contribution in [0.1, 0.15) is 31.3 Å². The lowest BCUT2D eigenvalue weighted by Crippen LogP contribution is -2.18. The zero-order valence-corrected chi connectivity index (χ0v) is 11.4. The molecule has 0 aliphatic carbocycles. The van der Waals surface area contributed by atoms with Crippen LogP contribution in [0.3, 0.4) is 0 Å². The van der Waals surface area contributed by atoms with Crippen molar-refractivity contribution in [3.63, 3.8) is 0 Å². The molecule has 1 unspecified atom stereocenters. The van der Waals surface area contributed by atoms with Crippen molar-refractivity contribution in [2.24, 2.45) is 11.7 Å². The fourth-order valence-electron chi connectivity index (χ4n) is 1.65. The topological polar surface area (TPSA) is 64.9 Å². The van der Waals surface area contributed by atoms with Crippen LogP contribution in [0.5, 0.6) is 0 Å². The van der Waals surface area contributed by atoms with Gasteiger partial charge in [0.2, 0.25) is 0 Å². The van der Waals surface area contributed by atoms with Gasteiger partial charge in [-0.05, 0) is 36.6 Å². The number of halogens is 1. The van der Waals surface area contributed by atoms with E-state index < -0.39 is 0 Å². The highest BCUT2D eigenvalue weighted by Crippen LogP contribution is 2.25. The Labute approximate surface area is 111 Å². The Morgan fingerprint density at radius 3 is 2.61 bits per heavy atom. The maximum atomic E-state index is 6.01. The Morgan fingerprint density at radius 2 is 2.00 bits per heavy atom. The molecule has 2 N–H and O–H groups in total. The Bertz CT molecular complexity index is 531. The molecule has 1 aromatic carbocycles. The van der Waals surface area contributed by atoms with Gasteiger partial charge in [-0.1, -0.05) is 30.6 Å². The maximum Gasteiger partial charge on any atom is 0.258 e. The van der Waals surface area contributed by atoms with E-state index in [2.05, 4.69) is 10.1 Å². The number of nitrogens with two attached hydrogens (primary N) is 1. The number of hydrogen-bond acceptors (Lipinski definition) is 4. The molecular weight excluding hydrogens is 250 g/mol. The van der Waals surface area contributed by atoms with Crippen molar-refractivity contribution in [3.05, 3.63) is 34.6 Å². The standard InChI is InChI=1S/C13H16ClN3O/c1-7(2)11(15)12-16-13(18-17-12)9-4-8(3)5-10(14)6-9/h4-7,11H,15H2,1-3H3. The molecule has 0 bridgehead atoms. The molecule has 18 heavy (non-hydrogen) atoms. The van der Waals surface area contributed by atoms with Gasteiger partial charge < -0.3 is 10.3 Å². The van der Waals surface area contributed by atoms with Crippen molar-refractivity contribution >= 4 is 11.6 Å². The summed E-state index contributed by atoms with van der Waals surface area (Å²) in [5.74, 6) is 1.24. The fraction of sp³-hybridized carbons (Fsp3) is 0.385. The smallest absolute Gasteiger partial charge is 0.258 e. The van der Waals surface area contributed by atoms with Gasteiger partial charge in [0.05, 0.1) is 6.04 Å². The van der Waals surface area contributed by atoms with Gasteiger partial charge in [-0.25, -0.2) is 0 Å². The van der Waals surface area contributed by atoms with E-state index in [9.17, 15) is 0 Å². The van der Waals surface area contributed by atoms with Gasteiger partial charge in [0.1, 0.15) is 0 Å². The summed E-state index contributed by atoms with van der Waals surface area (Å²) in [6.45, 7) is 6.00. The maximum absolute atomic E-state index is 6.01. The van der Waals surface area contributed by atoms with E-state index >= 15 is 0 Å². The minimum Gasteiger partial charge on any atom is -0.334 e. The van der Waals surface area contributed by atoms with Crippen molar-refractivity contribution in [3.8, 4) is 11.5 Å². The third kappa shape index (κ3) is 2.71. The predicted octanol–water partition coefficient (Wildman–Crippen LogP) is 3.35. The molecule has 2 aromatic rings. The normalized spacial score (nSPS) is 13.0. The molecule has 0 fully saturated rings. The van der Waals surface area contributed by atoms with Crippen LogP contribution in [-0.4, -0.2) is 10.1 Å². The van der Waals surface area contributed by atoms with Crippen LogP contribution in [0.15, 0.2) is 22.7 Å². The van der Waals surface area contributed by atoms with Crippen LogP contribution in [0.25, 0.3) is 11.5 Å². The number of benzene rings is 1. The molecule has 0 aliphatic heterocycles. The SMILES string of the molecule is Cc1cc(Cl)cc(-c2nc(C(N)C(C)C)no2)c1. The first-order valence-electron chi connectivity index (χ1n) is 5.84. The molecular formula is C13H16ClN3O. The van der Waals surface area contributed by atoms with Crippen LogP contribution < -0.4 is 5.73 Å². The number of hydrogen-bond donors (Lipinski definition) is 1. The van der Waals surface area contributed by atoms with E-state index in [-0.39, 0.29) is 12.0 Å². The average molecular weight is 266 g/mol. The number of aromatic nitrogens is 2. The van der Waals surface area contributed by atoms with Crippen molar-refractivity contribution in [2.45, 2.75) is 26.8 Å². The van der Waals surface area contributed by atoms with Crippen molar-refractivity contribution in [1.82, 2.24) is 10.1 Å². The molecule has 0 saturated carbocycles. The van der Waals surface area contributed by atoms with Gasteiger partial charge in [-0.15, -0.1) is 0 Å². The molecule has 1 atom stereocenters. The average Bonchev–Trinajstić information content (AvgIpc) is 2.75. The summed E-state index contributed by atoms with van der Waals surface area (Å²) >= 11 is 6.01. The molecule has 0 saturated heterocycles. The summed E-state index contributed by atoms with van der Waals surface area (Å²) in [6, 6.07) is 5.40. The third-order valence-electron chi connectivity index (χ3n) is 2.75. The molecule has 1 heterocycles. The Balaban J connectivity index is 2.35. The Kier molecular flexibility index (Phi) is 3.68. The van der Waals surface area contributed by atoms with Gasteiger partial charge in [-0.2, -0.15) is 4.98 Å². The van der Waals surface area contributed by atoms with Crippen LogP contribution in [0, 0.1) is 12.8 Å². The first-order valence-corrected chi connectivity index (χ1v) is 6.22. The predicted molar refractivity (Wildman–Crippen MR) is 71.2 cm³/mol. The highest BCUT2D eigenvalue weighted by Gasteiger charge is 2.18. The molecule has 0 aliphatic rings. The summed E-state index contributed by atoms with van der Waals surface area (Å²) < 4.78 is 5.23. The minimum absolute atomic E-state index is 0.220. The first kappa shape index (κ1) is 13.1. The number of rotatable bonds is 3. The van der Waals surface area contributed by atoms with E-state index in [0.29, 0.717) is 16.7 Å². The molecule has 4 nitrogen and oxygen atoms in total. The second kappa shape index (κ2) is 5.08. The van der Waals surface area contributed by atoms with Crippen LogP contribution in [0.4, 0.5) is 0 Å². The van der Waals surface area contributed by atoms with Crippen molar-refractivity contribution in [2.75, 3.05) is 0 Å². The lowest BCUT2D eigenvalue weighted by Gasteiger charge is -2.09. The Morgan fingerprint density at radius 1 is 1.28 bits per heavy atom.